The van der Waals surface area contributed by atoms with Gasteiger partial charge in [-0.25, -0.2) is 0 Å². The summed E-state index contributed by atoms with van der Waals surface area (Å²) in [4.78, 5) is 0. The third-order valence-corrected chi connectivity index (χ3v) is 7.72. The number of halogens is 2. The molecule has 1 saturated heterocycles. The molecular weight excluding hydrogens is 195 g/mol. The summed E-state index contributed by atoms with van der Waals surface area (Å²) in [5, 5.41) is 0. The van der Waals surface area contributed by atoms with E-state index in [1.54, 1.807) is 14.1 Å². The second-order valence-corrected chi connectivity index (χ2v) is 8.50. The molecule has 0 bridgehead atoms. The Bertz CT molecular complexity index is 230. The molecule has 6 heteroatoms. The number of hydrogen-bond acceptors (Lipinski definition) is 2. The monoisotopic (exact) mass is 214 g/mol. The van der Waals surface area contributed by atoms with Crippen molar-refractivity contribution in [3.8, 4) is 0 Å². The van der Waals surface area contributed by atoms with Crippen LogP contribution in [0.15, 0.2) is 0 Å². The normalized spacial score (nSPS) is 34.3. The molecule has 3 nitrogen and oxygen atoms in total. The minimum absolute atomic E-state index is 0.185. The van der Waals surface area contributed by atoms with E-state index in [-0.39, 0.29) is 4.25 Å². The Morgan fingerprint density at radius 3 is 1.92 bits per heavy atom. The minimum atomic E-state index is -4.87. The zero-order valence-electron chi connectivity index (χ0n) is 8.96. The number of hydrogen-bond donors (Lipinski definition) is 0. The van der Waals surface area contributed by atoms with Gasteiger partial charge in [-0.3, -0.25) is 0 Å². The van der Waals surface area contributed by atoms with Gasteiger partial charge in [0.2, 0.25) is 0 Å². The summed E-state index contributed by atoms with van der Waals surface area (Å²) < 4.78 is 31.3. The fourth-order valence-electron chi connectivity index (χ4n) is 1.92. The van der Waals surface area contributed by atoms with Crippen LogP contribution in [0.5, 0.6) is 0 Å². The maximum atomic E-state index is 14.6. The van der Waals surface area contributed by atoms with Crippen molar-refractivity contribution < 1.29 is 12.6 Å². The predicted molar refractivity (Wildman–Crippen MR) is 52.4 cm³/mol. The number of quaternary nitrogens is 1. The molecule has 0 aliphatic carbocycles. The Morgan fingerprint density at radius 1 is 1.31 bits per heavy atom. The Hall–Kier alpha value is 0.170. The Kier molecular flexibility index (Phi) is 2.25. The summed E-state index contributed by atoms with van der Waals surface area (Å²) in [6.45, 7) is 0.982. The van der Waals surface area contributed by atoms with Gasteiger partial charge in [0, 0.05) is 0 Å². The van der Waals surface area contributed by atoms with E-state index in [4.69, 9.17) is 0 Å². The van der Waals surface area contributed by atoms with Gasteiger partial charge in [-0.2, -0.15) is 0 Å². The first-order valence-corrected chi connectivity index (χ1v) is 6.18. The van der Waals surface area contributed by atoms with Crippen molar-refractivity contribution in [2.24, 2.45) is 0 Å². The summed E-state index contributed by atoms with van der Waals surface area (Å²) in [5.41, 5.74) is 0. The van der Waals surface area contributed by atoms with Crippen LogP contribution in [0.1, 0.15) is 0 Å². The molecule has 0 spiro atoms. The first-order chi connectivity index (χ1) is 5.63. The van der Waals surface area contributed by atoms with Gasteiger partial charge in [-0.05, 0) is 0 Å². The van der Waals surface area contributed by atoms with Crippen molar-refractivity contribution in [3.05, 3.63) is 0 Å². The second kappa shape index (κ2) is 2.60. The fourth-order valence-corrected chi connectivity index (χ4v) is 5.17. The van der Waals surface area contributed by atoms with Gasteiger partial charge in [0.05, 0.1) is 0 Å². The van der Waals surface area contributed by atoms with E-state index in [1.807, 2.05) is 0 Å². The van der Waals surface area contributed by atoms with Gasteiger partial charge < -0.3 is 0 Å². The SMILES string of the molecule is CN(C)P1(F)(F)N(C)CC[N+]1(C)C. The third-order valence-electron chi connectivity index (χ3n) is 3.09. The van der Waals surface area contributed by atoms with Crippen LogP contribution in [0.2, 0.25) is 0 Å². The molecule has 0 atom stereocenters. The van der Waals surface area contributed by atoms with E-state index in [2.05, 4.69) is 0 Å². The van der Waals surface area contributed by atoms with Crippen molar-refractivity contribution in [1.82, 2.24) is 9.34 Å². The standard InChI is InChI=1S/C7H19F2N3P/c1-10(2)13(8,9)11(3)6-7-12(13,4)5/h6-7H2,1-5H3/q+1. The van der Waals surface area contributed by atoms with Crippen LogP contribution in [-0.4, -0.2) is 61.9 Å². The summed E-state index contributed by atoms with van der Waals surface area (Å²) in [5.74, 6) is 0. The first kappa shape index (κ1) is 11.2. The number of rotatable bonds is 1. The van der Waals surface area contributed by atoms with E-state index in [0.717, 1.165) is 4.67 Å². The molecule has 0 aromatic heterocycles. The van der Waals surface area contributed by atoms with E-state index in [0.29, 0.717) is 13.1 Å². The molecule has 13 heavy (non-hydrogen) atoms. The molecular formula is C7H19F2N3P+. The average molecular weight is 214 g/mol. The molecule has 1 aliphatic rings. The molecule has 0 unspecified atom stereocenters. The Balaban J connectivity index is 3.24. The first-order valence-electron chi connectivity index (χ1n) is 4.31. The molecule has 80 valence electrons. The molecule has 0 radical (unpaired) electrons. The van der Waals surface area contributed by atoms with Gasteiger partial charge in [0.1, 0.15) is 0 Å². The van der Waals surface area contributed by atoms with Crippen LogP contribution in [0.3, 0.4) is 0 Å². The van der Waals surface area contributed by atoms with Crippen LogP contribution >= 0.6 is 7.68 Å². The Morgan fingerprint density at radius 2 is 1.77 bits per heavy atom. The van der Waals surface area contributed by atoms with Crippen LogP contribution in [0.4, 0.5) is 8.39 Å². The molecule has 1 fully saturated rings. The van der Waals surface area contributed by atoms with Crippen molar-refractivity contribution in [1.29, 1.82) is 0 Å². The van der Waals surface area contributed by atoms with E-state index < -0.39 is 7.68 Å². The molecule has 0 amide bonds. The van der Waals surface area contributed by atoms with Crippen LogP contribution in [-0.2, 0) is 0 Å². The Labute approximate surface area is 78.8 Å². The predicted octanol–water partition coefficient (Wildman–Crippen LogP) is 1.64. The maximum absolute atomic E-state index is 14.6. The molecule has 1 heterocycles. The second-order valence-electron chi connectivity index (χ2n) is 4.36. The third kappa shape index (κ3) is 1.08. The fraction of sp³-hybridized carbons (Fsp3) is 1.00. The summed E-state index contributed by atoms with van der Waals surface area (Å²) in [6, 6.07) is 0. The van der Waals surface area contributed by atoms with Crippen LogP contribution in [0.25, 0.3) is 0 Å². The molecule has 0 saturated carbocycles. The molecule has 0 aromatic carbocycles. The van der Waals surface area contributed by atoms with E-state index >= 15 is 0 Å². The van der Waals surface area contributed by atoms with Crippen LogP contribution in [0, 0.1) is 0 Å². The molecule has 0 aromatic rings. The van der Waals surface area contributed by atoms with E-state index in [9.17, 15) is 8.39 Å². The average Bonchev–Trinajstić information content (AvgIpc) is 2.13. The van der Waals surface area contributed by atoms with E-state index in [1.165, 1.54) is 25.8 Å². The summed E-state index contributed by atoms with van der Waals surface area (Å²) >= 11 is 0. The van der Waals surface area contributed by atoms with Crippen molar-refractivity contribution >= 4 is 7.68 Å². The number of nitrogens with zero attached hydrogens (tertiary/aromatic N) is 3. The quantitative estimate of drug-likeness (QED) is 0.612. The van der Waals surface area contributed by atoms with Gasteiger partial charge >= 0.3 is 78.0 Å². The zero-order valence-corrected chi connectivity index (χ0v) is 9.85. The number of likely N-dealkylation sites (N-methyl/N-ethyl adjacent to an activating group) is 2. The van der Waals surface area contributed by atoms with Gasteiger partial charge in [0.25, 0.3) is 0 Å². The topological polar surface area (TPSA) is 6.48 Å². The molecule has 1 rings (SSSR count). The van der Waals surface area contributed by atoms with Crippen molar-refractivity contribution in [2.75, 3.05) is 48.3 Å². The zero-order chi connectivity index (χ0) is 10.5. The summed E-state index contributed by atoms with van der Waals surface area (Å²) in [6.07, 6.45) is 0. The molecule has 1 aliphatic heterocycles. The summed E-state index contributed by atoms with van der Waals surface area (Å²) in [7, 11) is 2.82. The molecule has 0 N–H and O–H groups in total. The van der Waals surface area contributed by atoms with Crippen LogP contribution < -0.4 is 0 Å². The van der Waals surface area contributed by atoms with Gasteiger partial charge in [-0.1, -0.05) is 0 Å². The van der Waals surface area contributed by atoms with Gasteiger partial charge in [0.15, 0.2) is 0 Å². The van der Waals surface area contributed by atoms with Crippen molar-refractivity contribution in [3.63, 3.8) is 0 Å². The van der Waals surface area contributed by atoms with Gasteiger partial charge in [-0.15, -0.1) is 0 Å². The van der Waals surface area contributed by atoms with Crippen molar-refractivity contribution in [2.45, 2.75) is 0 Å².